The lowest BCUT2D eigenvalue weighted by atomic mass is 9.90. The van der Waals surface area contributed by atoms with Crippen molar-refractivity contribution in [2.45, 2.75) is 45.6 Å². The van der Waals surface area contributed by atoms with Crippen molar-refractivity contribution in [3.63, 3.8) is 0 Å². The van der Waals surface area contributed by atoms with Crippen molar-refractivity contribution < 1.29 is 14.3 Å². The summed E-state index contributed by atoms with van der Waals surface area (Å²) in [5.74, 6) is 0.113. The van der Waals surface area contributed by atoms with Crippen molar-refractivity contribution in [2.75, 3.05) is 12.4 Å². The predicted octanol–water partition coefficient (Wildman–Crippen LogP) is 2.72. The van der Waals surface area contributed by atoms with Crippen LogP contribution in [0.2, 0.25) is 0 Å². The third-order valence-electron chi connectivity index (χ3n) is 4.15. The van der Waals surface area contributed by atoms with Crippen molar-refractivity contribution in [3.05, 3.63) is 24.3 Å². The van der Waals surface area contributed by atoms with Crippen LogP contribution in [0.15, 0.2) is 24.3 Å². The van der Waals surface area contributed by atoms with Gasteiger partial charge in [0.05, 0.1) is 7.11 Å². The molecule has 0 radical (unpaired) electrons. The molecular weight excluding hydrogens is 280 g/mol. The van der Waals surface area contributed by atoms with E-state index < -0.39 is 5.41 Å². The lowest BCUT2D eigenvalue weighted by Crippen LogP contribution is -2.47. The highest BCUT2D eigenvalue weighted by Crippen LogP contribution is 2.24. The highest BCUT2D eigenvalue weighted by molar-refractivity contribution is 6.09. The molecule has 0 saturated heterocycles. The number of hydrogen-bond donors (Lipinski definition) is 2. The molecule has 1 saturated carbocycles. The largest absolute Gasteiger partial charge is 0.497 e. The molecule has 120 valence electrons. The Kier molecular flexibility index (Phi) is 5.06. The number of anilines is 1. The number of carbonyl (C=O) groups excluding carboxylic acids is 2. The second-order valence-corrected chi connectivity index (χ2v) is 6.27. The van der Waals surface area contributed by atoms with Gasteiger partial charge in [-0.25, -0.2) is 0 Å². The molecular formula is C17H24N2O3. The number of benzene rings is 1. The SMILES string of the molecule is COc1cccc(NC(=O)C(C)(C)C(=O)NC2CCCC2)c1. The molecule has 0 unspecified atom stereocenters. The second-order valence-electron chi connectivity index (χ2n) is 6.27. The molecule has 2 N–H and O–H groups in total. The van der Waals surface area contributed by atoms with Crippen LogP contribution in [0.3, 0.4) is 0 Å². The van der Waals surface area contributed by atoms with Gasteiger partial charge in [0, 0.05) is 17.8 Å². The summed E-state index contributed by atoms with van der Waals surface area (Å²) >= 11 is 0. The monoisotopic (exact) mass is 304 g/mol. The molecule has 1 aromatic rings. The molecule has 2 rings (SSSR count). The molecule has 2 amide bonds. The van der Waals surface area contributed by atoms with Crippen LogP contribution in [0.5, 0.6) is 5.75 Å². The van der Waals surface area contributed by atoms with Crippen molar-refractivity contribution >= 4 is 17.5 Å². The summed E-state index contributed by atoms with van der Waals surface area (Å²) in [6.45, 7) is 3.29. The molecule has 5 nitrogen and oxygen atoms in total. The molecule has 22 heavy (non-hydrogen) atoms. The fourth-order valence-corrected chi connectivity index (χ4v) is 2.53. The van der Waals surface area contributed by atoms with E-state index in [9.17, 15) is 9.59 Å². The smallest absolute Gasteiger partial charge is 0.239 e. The van der Waals surface area contributed by atoms with Gasteiger partial charge in [0.25, 0.3) is 0 Å². The number of nitrogens with one attached hydrogen (secondary N) is 2. The van der Waals surface area contributed by atoms with E-state index in [0.717, 1.165) is 25.7 Å². The number of hydrogen-bond acceptors (Lipinski definition) is 3. The maximum absolute atomic E-state index is 12.4. The van der Waals surface area contributed by atoms with E-state index in [2.05, 4.69) is 10.6 Å². The Labute approximate surface area is 131 Å². The summed E-state index contributed by atoms with van der Waals surface area (Å²) < 4.78 is 5.13. The molecule has 0 aromatic heterocycles. The van der Waals surface area contributed by atoms with E-state index >= 15 is 0 Å². The van der Waals surface area contributed by atoms with Gasteiger partial charge >= 0.3 is 0 Å². The Balaban J connectivity index is 2.00. The maximum Gasteiger partial charge on any atom is 0.239 e. The number of amides is 2. The minimum atomic E-state index is -1.12. The van der Waals surface area contributed by atoms with Crippen LogP contribution in [0, 0.1) is 5.41 Å². The molecule has 1 fully saturated rings. The van der Waals surface area contributed by atoms with Gasteiger partial charge in [-0.1, -0.05) is 18.9 Å². The average molecular weight is 304 g/mol. The first-order valence-electron chi connectivity index (χ1n) is 7.70. The zero-order chi connectivity index (χ0) is 16.2. The van der Waals surface area contributed by atoms with Crippen molar-refractivity contribution in [3.8, 4) is 5.75 Å². The maximum atomic E-state index is 12.4. The second kappa shape index (κ2) is 6.81. The first-order valence-corrected chi connectivity index (χ1v) is 7.70. The topological polar surface area (TPSA) is 67.4 Å². The first kappa shape index (κ1) is 16.3. The Morgan fingerprint density at radius 1 is 1.18 bits per heavy atom. The summed E-state index contributed by atoms with van der Waals surface area (Å²) in [6, 6.07) is 7.29. The van der Waals surface area contributed by atoms with Crippen molar-refractivity contribution in [1.29, 1.82) is 0 Å². The van der Waals surface area contributed by atoms with Gasteiger partial charge < -0.3 is 15.4 Å². The zero-order valence-corrected chi connectivity index (χ0v) is 13.4. The Morgan fingerprint density at radius 2 is 1.86 bits per heavy atom. The fourth-order valence-electron chi connectivity index (χ4n) is 2.53. The lowest BCUT2D eigenvalue weighted by Gasteiger charge is -2.25. The zero-order valence-electron chi connectivity index (χ0n) is 13.4. The van der Waals surface area contributed by atoms with Crippen LogP contribution >= 0.6 is 0 Å². The van der Waals surface area contributed by atoms with Crippen molar-refractivity contribution in [1.82, 2.24) is 5.32 Å². The number of ether oxygens (including phenoxy) is 1. The van der Waals surface area contributed by atoms with Gasteiger partial charge in [0.2, 0.25) is 11.8 Å². The summed E-state index contributed by atoms with van der Waals surface area (Å²) in [4.78, 5) is 24.8. The van der Waals surface area contributed by atoms with E-state index in [-0.39, 0.29) is 17.9 Å². The summed E-state index contributed by atoms with van der Waals surface area (Å²) in [6.07, 6.45) is 4.28. The quantitative estimate of drug-likeness (QED) is 0.822. The molecule has 0 spiro atoms. The van der Waals surface area contributed by atoms with E-state index in [0.29, 0.717) is 11.4 Å². The highest BCUT2D eigenvalue weighted by atomic mass is 16.5. The fraction of sp³-hybridized carbons (Fsp3) is 0.529. The minimum absolute atomic E-state index is 0.205. The van der Waals surface area contributed by atoms with Crippen LogP contribution in [0.25, 0.3) is 0 Å². The van der Waals surface area contributed by atoms with E-state index in [1.807, 2.05) is 0 Å². The Hall–Kier alpha value is -2.04. The third-order valence-corrected chi connectivity index (χ3v) is 4.15. The number of rotatable bonds is 5. The molecule has 1 aromatic carbocycles. The van der Waals surface area contributed by atoms with Crippen LogP contribution < -0.4 is 15.4 Å². The lowest BCUT2D eigenvalue weighted by molar-refractivity contribution is -0.138. The van der Waals surface area contributed by atoms with Gasteiger partial charge in [-0.05, 0) is 38.8 Å². The highest BCUT2D eigenvalue weighted by Gasteiger charge is 2.37. The molecule has 0 heterocycles. The first-order chi connectivity index (χ1) is 10.4. The van der Waals surface area contributed by atoms with E-state index in [1.165, 1.54) is 0 Å². The van der Waals surface area contributed by atoms with Gasteiger partial charge in [-0.15, -0.1) is 0 Å². The van der Waals surface area contributed by atoms with Gasteiger partial charge in [-0.3, -0.25) is 9.59 Å². The van der Waals surface area contributed by atoms with Crippen LogP contribution in [-0.4, -0.2) is 25.0 Å². The summed E-state index contributed by atoms with van der Waals surface area (Å²) in [5, 5.41) is 5.77. The van der Waals surface area contributed by atoms with Crippen LogP contribution in [-0.2, 0) is 9.59 Å². The van der Waals surface area contributed by atoms with Crippen LogP contribution in [0.1, 0.15) is 39.5 Å². The summed E-state index contributed by atoms with van der Waals surface area (Å²) in [7, 11) is 1.57. The molecule has 0 aliphatic heterocycles. The Morgan fingerprint density at radius 3 is 2.50 bits per heavy atom. The molecule has 1 aliphatic rings. The summed E-state index contributed by atoms with van der Waals surface area (Å²) in [5.41, 5.74) is -0.503. The average Bonchev–Trinajstić information content (AvgIpc) is 3.00. The molecule has 0 bridgehead atoms. The number of methoxy groups -OCH3 is 1. The minimum Gasteiger partial charge on any atom is -0.497 e. The van der Waals surface area contributed by atoms with E-state index in [4.69, 9.17) is 4.74 Å². The predicted molar refractivity (Wildman–Crippen MR) is 85.8 cm³/mol. The molecule has 5 heteroatoms. The third kappa shape index (κ3) is 3.78. The normalized spacial score (nSPS) is 15.4. The molecule has 1 aliphatic carbocycles. The molecule has 0 atom stereocenters. The van der Waals surface area contributed by atoms with E-state index in [1.54, 1.807) is 45.2 Å². The van der Waals surface area contributed by atoms with Gasteiger partial charge in [0.15, 0.2) is 0 Å². The van der Waals surface area contributed by atoms with Crippen molar-refractivity contribution in [2.24, 2.45) is 5.41 Å². The van der Waals surface area contributed by atoms with Gasteiger partial charge in [0.1, 0.15) is 11.2 Å². The van der Waals surface area contributed by atoms with Gasteiger partial charge in [-0.2, -0.15) is 0 Å². The Bertz CT molecular complexity index is 549. The van der Waals surface area contributed by atoms with Crippen LogP contribution in [0.4, 0.5) is 5.69 Å². The number of carbonyl (C=O) groups is 2. The standard InChI is InChI=1S/C17H24N2O3/c1-17(2,15(20)18-12-7-4-5-8-12)16(21)19-13-9-6-10-14(11-13)22-3/h6,9-12H,4-5,7-8H2,1-3H3,(H,18,20)(H,19,21).